The van der Waals surface area contributed by atoms with E-state index in [0.29, 0.717) is 5.92 Å². The summed E-state index contributed by atoms with van der Waals surface area (Å²) in [6, 6.07) is 5.15. The van der Waals surface area contributed by atoms with Gasteiger partial charge >= 0.3 is 6.61 Å². The van der Waals surface area contributed by atoms with Gasteiger partial charge in [-0.2, -0.15) is 8.78 Å². The average Bonchev–Trinajstić information content (AvgIpc) is 2.16. The molecule has 0 radical (unpaired) electrons. The van der Waals surface area contributed by atoms with Gasteiger partial charge in [0.25, 0.3) is 0 Å². The quantitative estimate of drug-likeness (QED) is 0.736. The molecule has 0 spiro atoms. The zero-order chi connectivity index (χ0) is 11.4. The smallest absolute Gasteiger partial charge is 0.387 e. The van der Waals surface area contributed by atoms with Crippen LogP contribution in [0.15, 0.2) is 18.2 Å². The van der Waals surface area contributed by atoms with Gasteiger partial charge in [-0.3, -0.25) is 0 Å². The van der Waals surface area contributed by atoms with Crippen LogP contribution in [0.25, 0.3) is 0 Å². The molecule has 0 atom stereocenters. The molecule has 84 valence electrons. The van der Waals surface area contributed by atoms with Crippen LogP contribution in [-0.4, -0.2) is 6.61 Å². The van der Waals surface area contributed by atoms with Crippen molar-refractivity contribution in [3.8, 4) is 5.75 Å². The highest BCUT2D eigenvalue weighted by Crippen LogP contribution is 2.26. The standard InChI is InChI=1S/C12H16F2O/c1-4-9-5-6-10(15-12(13)14)7-11(9)8(2)3/h5-8,12H,4H2,1-3H3. The lowest BCUT2D eigenvalue weighted by Gasteiger charge is -2.13. The molecule has 0 bridgehead atoms. The van der Waals surface area contributed by atoms with Crippen LogP contribution >= 0.6 is 0 Å². The summed E-state index contributed by atoms with van der Waals surface area (Å²) in [6.45, 7) is 3.38. The van der Waals surface area contributed by atoms with Crippen LogP contribution < -0.4 is 4.74 Å². The predicted octanol–water partition coefficient (Wildman–Crippen LogP) is 3.97. The molecular formula is C12H16F2O. The third-order valence-electron chi connectivity index (χ3n) is 2.35. The van der Waals surface area contributed by atoms with Crippen LogP contribution in [0.5, 0.6) is 5.75 Å². The van der Waals surface area contributed by atoms with Gasteiger partial charge in [0, 0.05) is 0 Å². The monoisotopic (exact) mass is 214 g/mol. The van der Waals surface area contributed by atoms with Gasteiger partial charge in [0.2, 0.25) is 0 Å². The average molecular weight is 214 g/mol. The lowest BCUT2D eigenvalue weighted by atomic mass is 9.95. The maximum atomic E-state index is 12.0. The maximum Gasteiger partial charge on any atom is 0.387 e. The fraction of sp³-hybridized carbons (Fsp3) is 0.500. The molecule has 15 heavy (non-hydrogen) atoms. The van der Waals surface area contributed by atoms with Gasteiger partial charge < -0.3 is 4.74 Å². The number of halogens is 2. The van der Waals surface area contributed by atoms with Crippen molar-refractivity contribution < 1.29 is 13.5 Å². The Hall–Kier alpha value is -1.12. The van der Waals surface area contributed by atoms with Crippen molar-refractivity contribution in [2.45, 2.75) is 39.7 Å². The summed E-state index contributed by atoms with van der Waals surface area (Å²) in [6.07, 6.45) is 0.905. The van der Waals surface area contributed by atoms with E-state index in [9.17, 15) is 8.78 Å². The second kappa shape index (κ2) is 5.10. The molecule has 0 aliphatic carbocycles. The summed E-state index contributed by atoms with van der Waals surface area (Å²) in [7, 11) is 0. The van der Waals surface area contributed by atoms with Gasteiger partial charge in [-0.25, -0.2) is 0 Å². The molecule has 0 aliphatic heterocycles. The molecule has 0 saturated carbocycles. The number of ether oxygens (including phenoxy) is 1. The predicted molar refractivity (Wildman–Crippen MR) is 56.5 cm³/mol. The summed E-state index contributed by atoms with van der Waals surface area (Å²) >= 11 is 0. The maximum absolute atomic E-state index is 12.0. The number of aryl methyl sites for hydroxylation is 1. The fourth-order valence-corrected chi connectivity index (χ4v) is 1.61. The minimum Gasteiger partial charge on any atom is -0.435 e. The zero-order valence-corrected chi connectivity index (χ0v) is 9.26. The van der Waals surface area contributed by atoms with Crippen LogP contribution in [-0.2, 0) is 6.42 Å². The minimum absolute atomic E-state index is 0.242. The molecule has 1 nitrogen and oxygen atoms in total. The SMILES string of the molecule is CCc1ccc(OC(F)F)cc1C(C)C. The molecule has 1 aromatic carbocycles. The largest absolute Gasteiger partial charge is 0.435 e. The Morgan fingerprint density at radius 1 is 1.27 bits per heavy atom. The Morgan fingerprint density at radius 3 is 2.40 bits per heavy atom. The van der Waals surface area contributed by atoms with Crippen molar-refractivity contribution >= 4 is 0 Å². The van der Waals surface area contributed by atoms with Gasteiger partial charge in [-0.1, -0.05) is 26.8 Å². The van der Waals surface area contributed by atoms with Gasteiger partial charge in [0.1, 0.15) is 5.75 Å². The molecule has 1 rings (SSSR count). The Labute approximate surface area is 89.1 Å². The first kappa shape index (κ1) is 12.0. The van der Waals surface area contributed by atoms with E-state index >= 15 is 0 Å². The van der Waals surface area contributed by atoms with Crippen molar-refractivity contribution in [3.63, 3.8) is 0 Å². The Morgan fingerprint density at radius 2 is 1.93 bits per heavy atom. The Balaban J connectivity index is 2.99. The van der Waals surface area contributed by atoms with Crippen LogP contribution in [0.3, 0.4) is 0 Å². The molecular weight excluding hydrogens is 198 g/mol. The zero-order valence-electron chi connectivity index (χ0n) is 9.26. The van der Waals surface area contributed by atoms with Gasteiger partial charge in [0.05, 0.1) is 0 Å². The number of hydrogen-bond donors (Lipinski definition) is 0. The first-order valence-electron chi connectivity index (χ1n) is 5.12. The van der Waals surface area contributed by atoms with E-state index in [1.54, 1.807) is 12.1 Å². The van der Waals surface area contributed by atoms with E-state index in [1.807, 2.05) is 19.9 Å². The van der Waals surface area contributed by atoms with E-state index in [-0.39, 0.29) is 5.75 Å². The summed E-state index contributed by atoms with van der Waals surface area (Å²) in [4.78, 5) is 0. The molecule has 0 heterocycles. The fourth-order valence-electron chi connectivity index (χ4n) is 1.61. The molecule has 0 saturated heterocycles. The molecule has 0 amide bonds. The van der Waals surface area contributed by atoms with Crippen LogP contribution in [0.1, 0.15) is 37.8 Å². The highest BCUT2D eigenvalue weighted by molar-refractivity contribution is 5.37. The highest BCUT2D eigenvalue weighted by atomic mass is 19.3. The third-order valence-corrected chi connectivity index (χ3v) is 2.35. The Kier molecular flexibility index (Phi) is 4.06. The first-order chi connectivity index (χ1) is 7.04. The summed E-state index contributed by atoms with van der Waals surface area (Å²) in [5, 5.41) is 0. The lowest BCUT2D eigenvalue weighted by Crippen LogP contribution is -2.03. The lowest BCUT2D eigenvalue weighted by molar-refractivity contribution is -0.0499. The van der Waals surface area contributed by atoms with Crippen LogP contribution in [0.2, 0.25) is 0 Å². The van der Waals surface area contributed by atoms with E-state index < -0.39 is 6.61 Å². The minimum atomic E-state index is -2.75. The molecule has 1 aromatic rings. The normalized spacial score (nSPS) is 11.1. The van der Waals surface area contributed by atoms with E-state index in [1.165, 1.54) is 5.56 Å². The number of hydrogen-bond acceptors (Lipinski definition) is 1. The van der Waals surface area contributed by atoms with Crippen LogP contribution in [0, 0.1) is 0 Å². The Bertz CT molecular complexity index is 321. The van der Waals surface area contributed by atoms with E-state index in [4.69, 9.17) is 0 Å². The van der Waals surface area contributed by atoms with Crippen LogP contribution in [0.4, 0.5) is 8.78 Å². The van der Waals surface area contributed by atoms with Crippen molar-refractivity contribution in [1.82, 2.24) is 0 Å². The van der Waals surface area contributed by atoms with E-state index in [0.717, 1.165) is 12.0 Å². The van der Waals surface area contributed by atoms with Crippen molar-refractivity contribution in [3.05, 3.63) is 29.3 Å². The van der Waals surface area contributed by atoms with Gasteiger partial charge in [-0.15, -0.1) is 0 Å². The molecule has 0 N–H and O–H groups in total. The number of rotatable bonds is 4. The molecule has 0 fully saturated rings. The molecule has 3 heteroatoms. The molecule has 0 unspecified atom stereocenters. The van der Waals surface area contributed by atoms with Crippen molar-refractivity contribution in [2.75, 3.05) is 0 Å². The molecule has 0 aliphatic rings. The number of alkyl halides is 2. The van der Waals surface area contributed by atoms with Crippen molar-refractivity contribution in [1.29, 1.82) is 0 Å². The summed E-state index contributed by atoms with van der Waals surface area (Å²) in [5.41, 5.74) is 2.27. The second-order valence-corrected chi connectivity index (χ2v) is 3.75. The summed E-state index contributed by atoms with van der Waals surface area (Å²) in [5.74, 6) is 0.562. The first-order valence-corrected chi connectivity index (χ1v) is 5.12. The number of benzene rings is 1. The second-order valence-electron chi connectivity index (χ2n) is 3.75. The van der Waals surface area contributed by atoms with Gasteiger partial charge in [0.15, 0.2) is 0 Å². The highest BCUT2D eigenvalue weighted by Gasteiger charge is 2.09. The summed E-state index contributed by atoms with van der Waals surface area (Å²) < 4.78 is 28.4. The van der Waals surface area contributed by atoms with Crippen molar-refractivity contribution in [2.24, 2.45) is 0 Å². The molecule has 0 aromatic heterocycles. The van der Waals surface area contributed by atoms with E-state index in [2.05, 4.69) is 11.7 Å². The topological polar surface area (TPSA) is 9.23 Å². The van der Waals surface area contributed by atoms with Gasteiger partial charge in [-0.05, 0) is 35.6 Å². The third kappa shape index (κ3) is 3.18.